The SMILES string of the molecule is Cc1ccc(C(=O)COC(=O)c2ccc3c(=O)n4c(nc3c2)CCC4)s1. The summed E-state index contributed by atoms with van der Waals surface area (Å²) < 4.78 is 6.81. The molecule has 26 heavy (non-hydrogen) atoms. The molecule has 0 fully saturated rings. The Morgan fingerprint density at radius 2 is 2.12 bits per heavy atom. The van der Waals surface area contributed by atoms with E-state index in [2.05, 4.69) is 4.98 Å². The highest BCUT2D eigenvalue weighted by molar-refractivity contribution is 7.14. The van der Waals surface area contributed by atoms with E-state index in [1.165, 1.54) is 17.4 Å². The van der Waals surface area contributed by atoms with Gasteiger partial charge in [-0.3, -0.25) is 14.2 Å². The zero-order chi connectivity index (χ0) is 18.3. The van der Waals surface area contributed by atoms with Crippen molar-refractivity contribution in [1.82, 2.24) is 9.55 Å². The number of hydrogen-bond donors (Lipinski definition) is 0. The predicted molar refractivity (Wildman–Crippen MR) is 98.0 cm³/mol. The van der Waals surface area contributed by atoms with Crippen LogP contribution < -0.4 is 5.56 Å². The van der Waals surface area contributed by atoms with Crippen LogP contribution >= 0.6 is 11.3 Å². The van der Waals surface area contributed by atoms with Crippen LogP contribution in [0.4, 0.5) is 0 Å². The zero-order valence-corrected chi connectivity index (χ0v) is 15.0. The Hall–Kier alpha value is -2.80. The van der Waals surface area contributed by atoms with Crippen molar-refractivity contribution >= 4 is 34.0 Å². The lowest BCUT2D eigenvalue weighted by Crippen LogP contribution is -2.21. The normalized spacial score (nSPS) is 13.0. The fourth-order valence-electron chi connectivity index (χ4n) is 3.08. The third-order valence-electron chi connectivity index (χ3n) is 4.40. The number of hydrogen-bond acceptors (Lipinski definition) is 6. The molecule has 0 saturated carbocycles. The van der Waals surface area contributed by atoms with Crippen molar-refractivity contribution in [1.29, 1.82) is 0 Å². The molecular formula is C19H16N2O4S. The molecule has 3 aromatic rings. The molecule has 2 aromatic heterocycles. The van der Waals surface area contributed by atoms with Gasteiger partial charge < -0.3 is 4.74 Å². The van der Waals surface area contributed by atoms with E-state index in [-0.39, 0.29) is 23.5 Å². The lowest BCUT2D eigenvalue weighted by Gasteiger charge is -2.07. The van der Waals surface area contributed by atoms with Gasteiger partial charge in [-0.25, -0.2) is 9.78 Å². The minimum atomic E-state index is -0.601. The van der Waals surface area contributed by atoms with Gasteiger partial charge >= 0.3 is 5.97 Å². The maximum Gasteiger partial charge on any atom is 0.338 e. The number of aryl methyl sites for hydroxylation is 2. The Bertz CT molecular complexity index is 1100. The van der Waals surface area contributed by atoms with Crippen molar-refractivity contribution in [2.75, 3.05) is 6.61 Å². The van der Waals surface area contributed by atoms with Crippen molar-refractivity contribution in [2.45, 2.75) is 26.3 Å². The second kappa shape index (κ2) is 6.49. The molecule has 0 spiro atoms. The largest absolute Gasteiger partial charge is 0.454 e. The van der Waals surface area contributed by atoms with Crippen LogP contribution in [0.15, 0.2) is 35.1 Å². The topological polar surface area (TPSA) is 78.3 Å². The molecule has 7 heteroatoms. The third kappa shape index (κ3) is 2.94. The molecule has 6 nitrogen and oxygen atoms in total. The first-order valence-corrected chi connectivity index (χ1v) is 9.15. The number of esters is 1. The number of aromatic nitrogens is 2. The highest BCUT2D eigenvalue weighted by atomic mass is 32.1. The number of carbonyl (C=O) groups excluding carboxylic acids is 2. The standard InChI is InChI=1S/C19H16N2O4S/c1-11-4-7-16(26-11)15(22)10-25-19(24)12-5-6-13-14(9-12)20-17-3-2-8-21(17)18(13)23/h4-7,9H,2-3,8,10H2,1H3. The van der Waals surface area contributed by atoms with Crippen molar-refractivity contribution in [3.05, 3.63) is 61.8 Å². The van der Waals surface area contributed by atoms with Crippen LogP contribution in [0.1, 0.15) is 37.2 Å². The first-order valence-electron chi connectivity index (χ1n) is 8.33. The van der Waals surface area contributed by atoms with Gasteiger partial charge in [0.25, 0.3) is 5.56 Å². The maximum absolute atomic E-state index is 12.4. The fraction of sp³-hybridized carbons (Fsp3) is 0.263. The molecule has 0 bridgehead atoms. The van der Waals surface area contributed by atoms with E-state index in [0.29, 0.717) is 22.3 Å². The summed E-state index contributed by atoms with van der Waals surface area (Å²) in [7, 11) is 0. The van der Waals surface area contributed by atoms with Gasteiger partial charge in [0.05, 0.1) is 21.3 Å². The quantitative estimate of drug-likeness (QED) is 0.523. The number of ketones is 1. The summed E-state index contributed by atoms with van der Waals surface area (Å²) >= 11 is 1.37. The summed E-state index contributed by atoms with van der Waals surface area (Å²) in [5.74, 6) is -0.0846. The monoisotopic (exact) mass is 368 g/mol. The molecule has 0 amide bonds. The van der Waals surface area contributed by atoms with E-state index < -0.39 is 5.97 Å². The van der Waals surface area contributed by atoms with Crippen molar-refractivity contribution in [3.63, 3.8) is 0 Å². The zero-order valence-electron chi connectivity index (χ0n) is 14.2. The van der Waals surface area contributed by atoms with Gasteiger partial charge in [-0.05, 0) is 43.7 Å². The number of carbonyl (C=O) groups is 2. The molecule has 1 aliphatic heterocycles. The number of rotatable bonds is 4. The van der Waals surface area contributed by atoms with Crippen molar-refractivity contribution < 1.29 is 14.3 Å². The third-order valence-corrected chi connectivity index (χ3v) is 5.44. The lowest BCUT2D eigenvalue weighted by atomic mass is 10.1. The Labute approximate surface area is 153 Å². The molecular weight excluding hydrogens is 352 g/mol. The van der Waals surface area contributed by atoms with Crippen molar-refractivity contribution in [3.8, 4) is 0 Å². The molecule has 0 saturated heterocycles. The molecule has 0 unspecified atom stereocenters. The second-order valence-electron chi connectivity index (χ2n) is 6.23. The lowest BCUT2D eigenvalue weighted by molar-refractivity contribution is 0.0476. The highest BCUT2D eigenvalue weighted by Gasteiger charge is 2.18. The summed E-state index contributed by atoms with van der Waals surface area (Å²) in [6.07, 6.45) is 1.66. The summed E-state index contributed by atoms with van der Waals surface area (Å²) in [6.45, 7) is 2.29. The van der Waals surface area contributed by atoms with Crippen LogP contribution in [0.5, 0.6) is 0 Å². The number of fused-ring (bicyclic) bond motifs is 2. The molecule has 1 aliphatic rings. The Balaban J connectivity index is 1.54. The number of Topliss-reactive ketones (excluding diaryl/α,β-unsaturated/α-hetero) is 1. The van der Waals surface area contributed by atoms with Crippen LogP contribution in [-0.4, -0.2) is 27.9 Å². The van der Waals surface area contributed by atoms with Gasteiger partial charge in [-0.15, -0.1) is 11.3 Å². The van der Waals surface area contributed by atoms with Crippen LogP contribution in [0.3, 0.4) is 0 Å². The van der Waals surface area contributed by atoms with Crippen molar-refractivity contribution in [2.24, 2.45) is 0 Å². The summed E-state index contributed by atoms with van der Waals surface area (Å²) in [5, 5.41) is 0.484. The summed E-state index contributed by atoms with van der Waals surface area (Å²) in [4.78, 5) is 42.9. The molecule has 1 aromatic carbocycles. The molecule has 3 heterocycles. The molecule has 0 N–H and O–H groups in total. The van der Waals surface area contributed by atoms with Crippen LogP contribution in [0, 0.1) is 6.92 Å². The van der Waals surface area contributed by atoms with E-state index >= 15 is 0 Å². The van der Waals surface area contributed by atoms with Gasteiger partial charge in [0.15, 0.2) is 6.61 Å². The average Bonchev–Trinajstić information content (AvgIpc) is 3.28. The predicted octanol–water partition coefficient (Wildman–Crippen LogP) is 2.75. The van der Waals surface area contributed by atoms with Gasteiger partial charge in [0.2, 0.25) is 5.78 Å². The molecule has 132 valence electrons. The summed E-state index contributed by atoms with van der Waals surface area (Å²) in [6, 6.07) is 8.26. The Kier molecular flexibility index (Phi) is 4.16. The first kappa shape index (κ1) is 16.7. The van der Waals surface area contributed by atoms with Crippen LogP contribution in [0.2, 0.25) is 0 Å². The van der Waals surface area contributed by atoms with E-state index in [4.69, 9.17) is 4.74 Å². The minimum Gasteiger partial charge on any atom is -0.454 e. The van der Waals surface area contributed by atoms with Gasteiger partial charge in [0, 0.05) is 17.8 Å². The second-order valence-corrected chi connectivity index (χ2v) is 7.52. The number of thiophene rings is 1. The van der Waals surface area contributed by atoms with E-state index in [9.17, 15) is 14.4 Å². The number of benzene rings is 1. The highest BCUT2D eigenvalue weighted by Crippen LogP contribution is 2.18. The van der Waals surface area contributed by atoms with Gasteiger partial charge in [0.1, 0.15) is 5.82 Å². The van der Waals surface area contributed by atoms with E-state index in [1.54, 1.807) is 22.8 Å². The molecule has 0 atom stereocenters. The Morgan fingerprint density at radius 3 is 2.88 bits per heavy atom. The Morgan fingerprint density at radius 1 is 1.27 bits per heavy atom. The first-order chi connectivity index (χ1) is 12.5. The minimum absolute atomic E-state index is 0.0781. The maximum atomic E-state index is 12.4. The van der Waals surface area contributed by atoms with E-state index in [1.807, 2.05) is 13.0 Å². The summed E-state index contributed by atoms with van der Waals surface area (Å²) in [5.41, 5.74) is 0.686. The molecule has 4 rings (SSSR count). The fourth-order valence-corrected chi connectivity index (χ4v) is 3.87. The van der Waals surface area contributed by atoms with Gasteiger partial charge in [-0.1, -0.05) is 0 Å². The van der Waals surface area contributed by atoms with Crippen LogP contribution in [0.25, 0.3) is 10.9 Å². The number of ether oxygens (including phenoxy) is 1. The molecule has 0 aliphatic carbocycles. The average molecular weight is 368 g/mol. The molecule has 0 radical (unpaired) electrons. The van der Waals surface area contributed by atoms with Gasteiger partial charge in [-0.2, -0.15) is 0 Å². The van der Waals surface area contributed by atoms with Crippen LogP contribution in [-0.2, 0) is 17.7 Å². The number of nitrogens with zero attached hydrogens (tertiary/aromatic N) is 2. The smallest absolute Gasteiger partial charge is 0.338 e. The van der Waals surface area contributed by atoms with E-state index in [0.717, 1.165) is 23.5 Å².